The van der Waals surface area contributed by atoms with E-state index >= 15 is 0 Å². The number of amides is 1. The first-order valence-electron chi connectivity index (χ1n) is 12.9. The average Bonchev–Trinajstić information content (AvgIpc) is 3.34. The quantitative estimate of drug-likeness (QED) is 0.387. The van der Waals surface area contributed by atoms with Gasteiger partial charge in [0.1, 0.15) is 11.6 Å². The van der Waals surface area contributed by atoms with Crippen LogP contribution in [0.25, 0.3) is 17.5 Å². The molecule has 1 aromatic rings. The number of carbonyl (C=O) groups is 1. The van der Waals surface area contributed by atoms with Crippen LogP contribution in [0.15, 0.2) is 48.8 Å². The molecule has 0 aliphatic carbocycles. The van der Waals surface area contributed by atoms with Gasteiger partial charge in [-0.15, -0.1) is 0 Å². The lowest BCUT2D eigenvalue weighted by Crippen LogP contribution is -2.50. The van der Waals surface area contributed by atoms with Crippen molar-refractivity contribution in [2.45, 2.75) is 37.6 Å². The summed E-state index contributed by atoms with van der Waals surface area (Å²) in [5, 5.41) is 20.2. The van der Waals surface area contributed by atoms with Crippen molar-refractivity contribution in [1.29, 1.82) is 0 Å². The number of likely N-dealkylation sites (tertiary alicyclic amines) is 2. The van der Waals surface area contributed by atoms with Crippen molar-refractivity contribution in [1.82, 2.24) is 19.5 Å². The Morgan fingerprint density at radius 3 is 2.46 bits per heavy atom. The van der Waals surface area contributed by atoms with Gasteiger partial charge in [0.2, 0.25) is 5.91 Å². The first-order chi connectivity index (χ1) is 17.9. The van der Waals surface area contributed by atoms with Crippen molar-refractivity contribution in [3.63, 3.8) is 0 Å². The van der Waals surface area contributed by atoms with Crippen molar-refractivity contribution in [3.05, 3.63) is 71.6 Å². The van der Waals surface area contributed by atoms with Crippen LogP contribution < -0.4 is 0 Å². The minimum Gasteiger partial charge on any atom is -0.427 e. The van der Waals surface area contributed by atoms with Gasteiger partial charge < -0.3 is 15.2 Å². The van der Waals surface area contributed by atoms with Gasteiger partial charge in [0.15, 0.2) is 5.82 Å². The van der Waals surface area contributed by atoms with E-state index in [1.54, 1.807) is 11.1 Å². The summed E-state index contributed by atoms with van der Waals surface area (Å²) in [6.45, 7) is 3.01. The number of piperidine rings is 2. The molecule has 2 fully saturated rings. The Labute approximate surface area is 214 Å². The minimum atomic E-state index is -0.676. The Morgan fingerprint density at radius 2 is 1.78 bits per heavy atom. The zero-order chi connectivity index (χ0) is 25.9. The van der Waals surface area contributed by atoms with E-state index in [2.05, 4.69) is 9.88 Å². The summed E-state index contributed by atoms with van der Waals surface area (Å²) in [5.74, 6) is -0.297. The van der Waals surface area contributed by atoms with Crippen LogP contribution in [-0.2, 0) is 4.79 Å². The van der Waals surface area contributed by atoms with Gasteiger partial charge in [0, 0.05) is 49.2 Å². The van der Waals surface area contributed by atoms with Crippen molar-refractivity contribution in [2.24, 2.45) is 5.92 Å². The van der Waals surface area contributed by atoms with Gasteiger partial charge >= 0.3 is 0 Å². The molecular formula is C28H32F2N4O3. The Hall–Kier alpha value is -3.30. The number of rotatable bonds is 6. The fourth-order valence-corrected chi connectivity index (χ4v) is 5.92. The minimum absolute atomic E-state index is 0.0538. The number of hydrogen-bond acceptors (Lipinski definition) is 5. The molecule has 0 aromatic heterocycles. The number of carbonyl (C=O) groups excluding carboxylic acids is 1. The predicted molar refractivity (Wildman–Crippen MR) is 135 cm³/mol. The summed E-state index contributed by atoms with van der Waals surface area (Å²) >= 11 is 0. The maximum absolute atomic E-state index is 13.4. The third kappa shape index (κ3) is 5.52. The van der Waals surface area contributed by atoms with Crippen molar-refractivity contribution in [3.8, 4) is 11.4 Å². The molecule has 0 saturated carbocycles. The number of fused-ring (bicyclic) bond motifs is 1. The van der Waals surface area contributed by atoms with Gasteiger partial charge in [-0.05, 0) is 92.1 Å². The number of nitrogens with zero attached hydrogens (tertiary/aromatic N) is 4. The summed E-state index contributed by atoms with van der Waals surface area (Å²) in [4.78, 5) is 21.1. The van der Waals surface area contributed by atoms with E-state index in [0.29, 0.717) is 36.3 Å². The van der Waals surface area contributed by atoms with Gasteiger partial charge in [-0.1, -0.05) is 0 Å². The van der Waals surface area contributed by atoms with E-state index in [1.165, 1.54) is 29.8 Å². The number of aromatic nitrogens is 2. The number of hydrogen-bond donors (Lipinski definition) is 2. The highest BCUT2D eigenvalue weighted by Crippen LogP contribution is 2.37. The molecule has 0 bridgehead atoms. The molecule has 0 radical (unpaired) electrons. The third-order valence-corrected chi connectivity index (χ3v) is 7.91. The largest absolute Gasteiger partial charge is 0.427 e. The van der Waals surface area contributed by atoms with E-state index in [1.807, 2.05) is 18.3 Å². The van der Waals surface area contributed by atoms with Crippen LogP contribution in [0.2, 0.25) is 0 Å². The van der Waals surface area contributed by atoms with E-state index < -0.39 is 11.6 Å². The zero-order valence-electron chi connectivity index (χ0n) is 20.6. The maximum atomic E-state index is 13.4. The summed E-state index contributed by atoms with van der Waals surface area (Å²) in [6, 6.07) is 7.04. The Kier molecular flexibility index (Phi) is 7.53. The molecule has 0 spiro atoms. The second-order valence-electron chi connectivity index (χ2n) is 10.1. The second kappa shape index (κ2) is 11.0. The summed E-state index contributed by atoms with van der Waals surface area (Å²) < 4.78 is 27.8. The van der Waals surface area contributed by atoms with Crippen LogP contribution in [-0.4, -0.2) is 74.6 Å². The van der Waals surface area contributed by atoms with Crippen molar-refractivity contribution < 1.29 is 23.9 Å². The Balaban J connectivity index is 1.14. The van der Waals surface area contributed by atoms with Gasteiger partial charge in [-0.25, -0.2) is 13.8 Å². The highest BCUT2D eigenvalue weighted by atomic mass is 19.1. The zero-order valence-corrected chi connectivity index (χ0v) is 20.6. The van der Waals surface area contributed by atoms with E-state index in [9.17, 15) is 23.9 Å². The van der Waals surface area contributed by atoms with E-state index in [0.717, 1.165) is 55.1 Å². The maximum Gasteiger partial charge on any atom is 0.246 e. The number of halogens is 2. The van der Waals surface area contributed by atoms with Gasteiger partial charge in [-0.2, -0.15) is 4.73 Å². The summed E-state index contributed by atoms with van der Waals surface area (Å²) in [6.07, 6.45) is 9.76. The standard InChI is InChI=1S/C28H32F2N4O3/c29-22-14-19(15-23(30)16-22)3-4-27(36)33-12-7-21(8-13-33)26(18-35)32-10-5-20(6-11-32)25-17-31-28-24(25)2-1-9-34(28)37/h1-4,9,14-17,20-21,26,35,37H,5-8,10-13,18H2/b4-3+. The SMILES string of the molecule is O=C(/C=C/c1cc(F)cc(F)c1)N1CCC(C(CO)N2CCC(c3cnc4n(O)cccc3-4)CC2)CC1. The molecule has 2 N–H and O–H groups in total. The van der Waals surface area contributed by atoms with Crippen LogP contribution in [0.3, 0.4) is 0 Å². The molecule has 4 heterocycles. The van der Waals surface area contributed by atoms with E-state index in [-0.39, 0.29) is 18.6 Å². The lowest BCUT2D eigenvalue weighted by atomic mass is 9.84. The Bertz CT molecular complexity index is 1210. The monoisotopic (exact) mass is 510 g/mol. The summed E-state index contributed by atoms with van der Waals surface area (Å²) in [7, 11) is 0. The number of aliphatic hydroxyl groups is 1. The van der Waals surface area contributed by atoms with Crippen LogP contribution >= 0.6 is 0 Å². The molecule has 37 heavy (non-hydrogen) atoms. The number of benzene rings is 1. The molecule has 9 heteroatoms. The molecule has 4 aliphatic rings. The molecule has 1 atom stereocenters. The number of aliphatic hydroxyl groups excluding tert-OH is 1. The first kappa shape index (κ1) is 25.4. The normalized spacial score (nSPS) is 19.2. The molecule has 196 valence electrons. The van der Waals surface area contributed by atoms with Crippen molar-refractivity contribution in [2.75, 3.05) is 32.8 Å². The Morgan fingerprint density at radius 1 is 1.08 bits per heavy atom. The molecule has 5 rings (SSSR count). The predicted octanol–water partition coefficient (Wildman–Crippen LogP) is 4.00. The molecule has 7 nitrogen and oxygen atoms in total. The highest BCUT2D eigenvalue weighted by Gasteiger charge is 2.34. The fourth-order valence-electron chi connectivity index (χ4n) is 5.92. The van der Waals surface area contributed by atoms with Crippen LogP contribution in [0, 0.1) is 17.6 Å². The lowest BCUT2D eigenvalue weighted by molar-refractivity contribution is -0.127. The highest BCUT2D eigenvalue weighted by molar-refractivity contribution is 5.91. The molecule has 2 saturated heterocycles. The van der Waals surface area contributed by atoms with E-state index in [4.69, 9.17) is 0 Å². The van der Waals surface area contributed by atoms with Gasteiger partial charge in [0.05, 0.1) is 6.61 Å². The fraction of sp³-hybridized carbons (Fsp3) is 0.429. The molecule has 1 aromatic carbocycles. The molecular weight excluding hydrogens is 478 g/mol. The average molecular weight is 511 g/mol. The van der Waals surface area contributed by atoms with Gasteiger partial charge in [-0.3, -0.25) is 9.69 Å². The molecule has 1 amide bonds. The smallest absolute Gasteiger partial charge is 0.246 e. The second-order valence-corrected chi connectivity index (χ2v) is 10.1. The number of pyridine rings is 1. The van der Waals surface area contributed by atoms with Crippen LogP contribution in [0.5, 0.6) is 0 Å². The molecule has 1 unspecified atom stereocenters. The topological polar surface area (TPSA) is 81.8 Å². The van der Waals surface area contributed by atoms with Crippen molar-refractivity contribution >= 4 is 12.0 Å². The van der Waals surface area contributed by atoms with Gasteiger partial charge in [0.25, 0.3) is 0 Å². The van der Waals surface area contributed by atoms with Crippen LogP contribution in [0.4, 0.5) is 8.78 Å². The summed E-state index contributed by atoms with van der Waals surface area (Å²) in [5.41, 5.74) is 2.46. The first-order valence-corrected chi connectivity index (χ1v) is 12.9. The third-order valence-electron chi connectivity index (χ3n) is 7.91. The molecule has 4 aliphatic heterocycles. The lowest BCUT2D eigenvalue weighted by Gasteiger charge is -2.43. The van der Waals surface area contributed by atoms with Crippen LogP contribution in [0.1, 0.15) is 42.7 Å².